The van der Waals surface area contributed by atoms with Crippen LogP contribution in [0.2, 0.25) is 0 Å². The van der Waals surface area contributed by atoms with Crippen molar-refractivity contribution in [2.45, 2.75) is 206 Å². The van der Waals surface area contributed by atoms with Crippen LogP contribution in [0.25, 0.3) is 0 Å². The van der Waals surface area contributed by atoms with Gasteiger partial charge < -0.3 is 9.84 Å². The molecule has 39 heavy (non-hydrogen) atoms. The van der Waals surface area contributed by atoms with Gasteiger partial charge in [0.1, 0.15) is 0 Å². The lowest BCUT2D eigenvalue weighted by Crippen LogP contribution is -2.23. The monoisotopic (exact) mass is 551 g/mol. The molecule has 232 valence electrons. The molecule has 0 fully saturated rings. The first-order chi connectivity index (χ1) is 19.2. The molecule has 0 radical (unpaired) electrons. The fourth-order valence-corrected chi connectivity index (χ4v) is 5.27. The van der Waals surface area contributed by atoms with Crippen LogP contribution in [-0.4, -0.2) is 23.8 Å². The summed E-state index contributed by atoms with van der Waals surface area (Å²) in [5, 5.41) is 10.1. The van der Waals surface area contributed by atoms with Gasteiger partial charge in [0.05, 0.1) is 6.61 Å². The van der Waals surface area contributed by atoms with Gasteiger partial charge in [-0.25, -0.2) is 4.79 Å². The van der Waals surface area contributed by atoms with Gasteiger partial charge in [0.25, 0.3) is 0 Å². The summed E-state index contributed by atoms with van der Waals surface area (Å²) in [6.45, 7) is 5.00. The third-order valence-electron chi connectivity index (χ3n) is 8.00. The van der Waals surface area contributed by atoms with Crippen LogP contribution in [0.5, 0.6) is 0 Å². The van der Waals surface area contributed by atoms with Gasteiger partial charge in [0, 0.05) is 0 Å². The molecule has 0 aliphatic rings. The van der Waals surface area contributed by atoms with E-state index in [0.717, 1.165) is 25.7 Å². The number of allylic oxidation sites excluding steroid dienone is 2. The molecule has 0 spiro atoms. The zero-order chi connectivity index (χ0) is 28.5. The van der Waals surface area contributed by atoms with E-state index >= 15 is 0 Å². The first-order valence-corrected chi connectivity index (χ1v) is 17.7. The summed E-state index contributed by atoms with van der Waals surface area (Å²) in [4.78, 5) is 12.0. The molecule has 0 saturated heterocycles. The van der Waals surface area contributed by atoms with E-state index in [1.807, 2.05) is 0 Å². The summed E-state index contributed by atoms with van der Waals surface area (Å²) >= 11 is 0. The SMILES string of the molecule is CCCCCCCC/C=C\CCCCCCCCOC(=O)C(O)CCCCCCCCCCCCCCCC. The molecule has 0 aromatic heterocycles. The lowest BCUT2D eigenvalue weighted by molar-refractivity contribution is -0.154. The molecule has 0 saturated carbocycles. The Labute approximate surface area is 245 Å². The number of esters is 1. The number of carbonyl (C=O) groups excluding carboxylic acids is 1. The Balaban J connectivity index is 3.31. The van der Waals surface area contributed by atoms with E-state index in [9.17, 15) is 9.90 Å². The summed E-state index contributed by atoms with van der Waals surface area (Å²) in [5.74, 6) is -0.419. The van der Waals surface area contributed by atoms with E-state index in [2.05, 4.69) is 26.0 Å². The van der Waals surface area contributed by atoms with Crippen LogP contribution in [-0.2, 0) is 9.53 Å². The van der Waals surface area contributed by atoms with Crippen LogP contribution in [0.3, 0.4) is 0 Å². The second-order valence-corrected chi connectivity index (χ2v) is 12.0. The summed E-state index contributed by atoms with van der Waals surface area (Å²) in [6.07, 6.45) is 40.6. The Hall–Kier alpha value is -0.830. The van der Waals surface area contributed by atoms with E-state index in [4.69, 9.17) is 4.74 Å². The maximum absolute atomic E-state index is 12.0. The maximum atomic E-state index is 12.0. The molecule has 0 aliphatic heterocycles. The Morgan fingerprint density at radius 3 is 1.26 bits per heavy atom. The summed E-state index contributed by atoms with van der Waals surface area (Å²) in [5.41, 5.74) is 0. The van der Waals surface area contributed by atoms with Gasteiger partial charge >= 0.3 is 5.97 Å². The fraction of sp³-hybridized carbons (Fsp3) is 0.917. The zero-order valence-electron chi connectivity index (χ0n) is 26.7. The molecule has 0 aliphatic carbocycles. The Morgan fingerprint density at radius 2 is 0.846 bits per heavy atom. The van der Waals surface area contributed by atoms with Gasteiger partial charge in [-0.1, -0.05) is 174 Å². The lowest BCUT2D eigenvalue weighted by atomic mass is 10.0. The molecule has 1 unspecified atom stereocenters. The molecule has 1 N–H and O–H groups in total. The topological polar surface area (TPSA) is 46.5 Å². The molecule has 0 amide bonds. The molecule has 0 heterocycles. The van der Waals surface area contributed by atoms with E-state index in [0.29, 0.717) is 13.0 Å². The average Bonchev–Trinajstić information content (AvgIpc) is 2.94. The first-order valence-electron chi connectivity index (χ1n) is 17.7. The van der Waals surface area contributed by atoms with Crippen LogP contribution in [0.4, 0.5) is 0 Å². The van der Waals surface area contributed by atoms with E-state index in [1.54, 1.807) is 0 Å². The van der Waals surface area contributed by atoms with Crippen molar-refractivity contribution in [3.63, 3.8) is 0 Å². The number of aliphatic hydroxyl groups excluding tert-OH is 1. The van der Waals surface area contributed by atoms with Crippen molar-refractivity contribution in [1.82, 2.24) is 0 Å². The number of carbonyl (C=O) groups is 1. The molecule has 3 nitrogen and oxygen atoms in total. The van der Waals surface area contributed by atoms with Crippen molar-refractivity contribution < 1.29 is 14.6 Å². The quantitative estimate of drug-likeness (QED) is 0.0514. The minimum absolute atomic E-state index is 0.419. The van der Waals surface area contributed by atoms with Gasteiger partial charge in [-0.05, 0) is 38.5 Å². The molecular formula is C36H70O3. The minimum atomic E-state index is -0.934. The molecule has 0 aromatic rings. The molecule has 1 atom stereocenters. The van der Waals surface area contributed by atoms with Crippen molar-refractivity contribution in [1.29, 1.82) is 0 Å². The standard InChI is InChI=1S/C36H70O3/c1-3-5-7-9-11-13-15-17-19-20-22-24-26-28-30-32-34-39-36(38)35(37)33-31-29-27-25-23-21-18-16-14-12-10-8-6-4-2/h17,19,35,37H,3-16,18,20-34H2,1-2H3/b19-17-. The van der Waals surface area contributed by atoms with Gasteiger partial charge in [-0.3, -0.25) is 0 Å². The highest BCUT2D eigenvalue weighted by atomic mass is 16.5. The van der Waals surface area contributed by atoms with Crippen molar-refractivity contribution >= 4 is 5.97 Å². The highest BCUT2D eigenvalue weighted by Gasteiger charge is 2.15. The Bertz CT molecular complexity index is 502. The fourth-order valence-electron chi connectivity index (χ4n) is 5.27. The van der Waals surface area contributed by atoms with Crippen molar-refractivity contribution in [2.24, 2.45) is 0 Å². The molecule has 0 bridgehead atoms. The van der Waals surface area contributed by atoms with E-state index < -0.39 is 12.1 Å². The predicted octanol–water partition coefficient (Wildman–Crippen LogP) is 11.8. The van der Waals surface area contributed by atoms with Crippen LogP contribution in [0.15, 0.2) is 12.2 Å². The normalized spacial score (nSPS) is 12.4. The van der Waals surface area contributed by atoms with Crippen molar-refractivity contribution in [3.8, 4) is 0 Å². The molecule has 3 heteroatoms. The minimum Gasteiger partial charge on any atom is -0.464 e. The van der Waals surface area contributed by atoms with Crippen molar-refractivity contribution in [2.75, 3.05) is 6.61 Å². The predicted molar refractivity (Wildman–Crippen MR) is 171 cm³/mol. The van der Waals surface area contributed by atoms with E-state index in [1.165, 1.54) is 154 Å². The smallest absolute Gasteiger partial charge is 0.334 e. The van der Waals surface area contributed by atoms with Crippen LogP contribution in [0, 0.1) is 0 Å². The van der Waals surface area contributed by atoms with Crippen LogP contribution >= 0.6 is 0 Å². The second-order valence-electron chi connectivity index (χ2n) is 12.0. The van der Waals surface area contributed by atoms with Gasteiger partial charge in [-0.2, -0.15) is 0 Å². The van der Waals surface area contributed by atoms with Gasteiger partial charge in [0.2, 0.25) is 0 Å². The third kappa shape index (κ3) is 31.6. The van der Waals surface area contributed by atoms with Crippen LogP contribution in [0.1, 0.15) is 200 Å². The zero-order valence-corrected chi connectivity index (χ0v) is 26.7. The van der Waals surface area contributed by atoms with Gasteiger partial charge in [0.15, 0.2) is 6.10 Å². The Morgan fingerprint density at radius 1 is 0.513 bits per heavy atom. The molecule has 0 rings (SSSR count). The summed E-state index contributed by atoms with van der Waals surface area (Å²) < 4.78 is 5.29. The van der Waals surface area contributed by atoms with Gasteiger partial charge in [-0.15, -0.1) is 0 Å². The largest absolute Gasteiger partial charge is 0.464 e. The number of unbranched alkanes of at least 4 members (excludes halogenated alkanes) is 25. The first kappa shape index (κ1) is 38.2. The number of aliphatic hydroxyl groups is 1. The number of hydrogen-bond donors (Lipinski definition) is 1. The summed E-state index contributed by atoms with van der Waals surface area (Å²) in [6, 6.07) is 0. The number of ether oxygens (including phenoxy) is 1. The average molecular weight is 551 g/mol. The second kappa shape index (κ2) is 33.4. The highest BCUT2D eigenvalue weighted by molar-refractivity contribution is 5.74. The summed E-state index contributed by atoms with van der Waals surface area (Å²) in [7, 11) is 0. The maximum Gasteiger partial charge on any atom is 0.334 e. The number of rotatable bonds is 32. The lowest BCUT2D eigenvalue weighted by Gasteiger charge is -2.10. The van der Waals surface area contributed by atoms with Crippen LogP contribution < -0.4 is 0 Å². The number of hydrogen-bond acceptors (Lipinski definition) is 3. The highest BCUT2D eigenvalue weighted by Crippen LogP contribution is 2.14. The molecular weight excluding hydrogens is 480 g/mol. The Kier molecular flexibility index (Phi) is 32.7. The molecule has 0 aromatic carbocycles. The van der Waals surface area contributed by atoms with Crippen molar-refractivity contribution in [3.05, 3.63) is 12.2 Å². The van der Waals surface area contributed by atoms with E-state index in [-0.39, 0.29) is 0 Å². The third-order valence-corrected chi connectivity index (χ3v) is 8.00.